The molecule has 1 saturated heterocycles. The van der Waals surface area contributed by atoms with Gasteiger partial charge in [0.05, 0.1) is 12.2 Å². The molecule has 0 aromatic rings. The molecule has 5 heteroatoms. The van der Waals surface area contributed by atoms with Gasteiger partial charge in [-0.2, -0.15) is 0 Å². The van der Waals surface area contributed by atoms with E-state index < -0.39 is 5.60 Å². The van der Waals surface area contributed by atoms with Gasteiger partial charge in [-0.15, -0.1) is 0 Å². The molecule has 1 aliphatic heterocycles. The van der Waals surface area contributed by atoms with Crippen molar-refractivity contribution < 1.29 is 19.4 Å². The van der Waals surface area contributed by atoms with Crippen molar-refractivity contribution in [2.45, 2.75) is 25.4 Å². The second-order valence-corrected chi connectivity index (χ2v) is 4.69. The van der Waals surface area contributed by atoms with Crippen LogP contribution in [-0.2, 0) is 14.3 Å². The SMILES string of the molecule is CCOC(=O)/C=C/CN(C)CC1(O)CCOCC1. The van der Waals surface area contributed by atoms with E-state index in [1.807, 2.05) is 11.9 Å². The first-order chi connectivity index (χ1) is 8.56. The van der Waals surface area contributed by atoms with E-state index in [2.05, 4.69) is 0 Å². The van der Waals surface area contributed by atoms with Gasteiger partial charge in [-0.05, 0) is 14.0 Å². The summed E-state index contributed by atoms with van der Waals surface area (Å²) in [6, 6.07) is 0. The van der Waals surface area contributed by atoms with Crippen molar-refractivity contribution in [3.8, 4) is 0 Å². The number of aliphatic hydroxyl groups is 1. The van der Waals surface area contributed by atoms with Crippen LogP contribution in [-0.4, -0.2) is 61.5 Å². The minimum Gasteiger partial charge on any atom is -0.463 e. The molecule has 0 unspecified atom stereocenters. The molecule has 1 heterocycles. The minimum atomic E-state index is -0.662. The number of likely N-dealkylation sites (N-methyl/N-ethyl adjacent to an activating group) is 1. The first kappa shape index (κ1) is 15.1. The quantitative estimate of drug-likeness (QED) is 0.557. The van der Waals surface area contributed by atoms with Crippen LogP contribution in [0, 0.1) is 0 Å². The van der Waals surface area contributed by atoms with Crippen molar-refractivity contribution in [1.82, 2.24) is 4.90 Å². The molecule has 0 amide bonds. The highest BCUT2D eigenvalue weighted by atomic mass is 16.5. The Balaban J connectivity index is 2.28. The molecule has 0 radical (unpaired) electrons. The summed E-state index contributed by atoms with van der Waals surface area (Å²) in [6.45, 7) is 4.59. The third-order valence-corrected chi connectivity index (χ3v) is 2.95. The molecule has 18 heavy (non-hydrogen) atoms. The van der Waals surface area contributed by atoms with E-state index in [-0.39, 0.29) is 5.97 Å². The highest BCUT2D eigenvalue weighted by Gasteiger charge is 2.30. The molecule has 5 nitrogen and oxygen atoms in total. The maximum atomic E-state index is 11.1. The van der Waals surface area contributed by atoms with Crippen LogP contribution in [0.5, 0.6) is 0 Å². The molecule has 0 saturated carbocycles. The summed E-state index contributed by atoms with van der Waals surface area (Å²) >= 11 is 0. The number of hydrogen-bond donors (Lipinski definition) is 1. The third-order valence-electron chi connectivity index (χ3n) is 2.95. The van der Waals surface area contributed by atoms with Gasteiger partial charge in [0.2, 0.25) is 0 Å². The third kappa shape index (κ3) is 5.62. The van der Waals surface area contributed by atoms with Crippen LogP contribution in [0.15, 0.2) is 12.2 Å². The van der Waals surface area contributed by atoms with Crippen molar-refractivity contribution in [2.24, 2.45) is 0 Å². The predicted molar refractivity (Wildman–Crippen MR) is 68.3 cm³/mol. The topological polar surface area (TPSA) is 59.0 Å². The number of esters is 1. The fourth-order valence-corrected chi connectivity index (χ4v) is 2.00. The molecule has 0 aromatic heterocycles. The Morgan fingerprint density at radius 1 is 1.50 bits per heavy atom. The molecule has 104 valence electrons. The Morgan fingerprint density at radius 2 is 2.17 bits per heavy atom. The summed E-state index contributed by atoms with van der Waals surface area (Å²) < 4.78 is 10.0. The summed E-state index contributed by atoms with van der Waals surface area (Å²) in [5.74, 6) is -0.323. The molecule has 0 atom stereocenters. The summed E-state index contributed by atoms with van der Waals surface area (Å²) in [4.78, 5) is 13.1. The highest BCUT2D eigenvalue weighted by molar-refractivity contribution is 5.81. The van der Waals surface area contributed by atoms with E-state index in [1.54, 1.807) is 13.0 Å². The van der Waals surface area contributed by atoms with E-state index in [1.165, 1.54) is 6.08 Å². The fraction of sp³-hybridized carbons (Fsp3) is 0.769. The van der Waals surface area contributed by atoms with Gasteiger partial charge in [0.1, 0.15) is 0 Å². The van der Waals surface area contributed by atoms with Crippen molar-refractivity contribution in [3.05, 3.63) is 12.2 Å². The standard InChI is InChI=1S/C13H23NO4/c1-3-18-12(15)5-4-8-14(2)11-13(16)6-9-17-10-7-13/h4-5,16H,3,6-11H2,1-2H3/b5-4+. The smallest absolute Gasteiger partial charge is 0.330 e. The molecule has 0 spiro atoms. The average Bonchev–Trinajstić information content (AvgIpc) is 2.29. The molecule has 1 rings (SSSR count). The van der Waals surface area contributed by atoms with Crippen molar-refractivity contribution >= 4 is 5.97 Å². The van der Waals surface area contributed by atoms with Crippen LogP contribution in [0.3, 0.4) is 0 Å². The van der Waals surface area contributed by atoms with Gasteiger partial charge in [-0.1, -0.05) is 6.08 Å². The van der Waals surface area contributed by atoms with Crippen LogP contribution >= 0.6 is 0 Å². The fourth-order valence-electron chi connectivity index (χ4n) is 2.00. The predicted octanol–water partition coefficient (Wildman–Crippen LogP) is 0.579. The van der Waals surface area contributed by atoms with Crippen LogP contribution in [0.25, 0.3) is 0 Å². The van der Waals surface area contributed by atoms with Gasteiger partial charge in [0.15, 0.2) is 0 Å². The zero-order valence-corrected chi connectivity index (χ0v) is 11.2. The average molecular weight is 257 g/mol. The van der Waals surface area contributed by atoms with Gasteiger partial charge < -0.3 is 14.6 Å². The lowest BCUT2D eigenvalue weighted by molar-refractivity contribution is -0.137. The van der Waals surface area contributed by atoms with Gasteiger partial charge in [0, 0.05) is 45.2 Å². The van der Waals surface area contributed by atoms with Crippen molar-refractivity contribution in [3.63, 3.8) is 0 Å². The molecule has 0 aromatic carbocycles. The zero-order chi connectivity index (χ0) is 13.4. The summed E-state index contributed by atoms with van der Waals surface area (Å²) in [5, 5.41) is 10.3. The van der Waals surface area contributed by atoms with E-state index >= 15 is 0 Å². The maximum Gasteiger partial charge on any atom is 0.330 e. The molecular formula is C13H23NO4. The number of carbonyl (C=O) groups is 1. The monoisotopic (exact) mass is 257 g/mol. The second-order valence-electron chi connectivity index (χ2n) is 4.69. The lowest BCUT2D eigenvalue weighted by atomic mass is 9.94. The number of nitrogens with zero attached hydrogens (tertiary/aromatic N) is 1. The number of carbonyl (C=O) groups excluding carboxylic acids is 1. The van der Waals surface area contributed by atoms with Crippen LogP contribution in [0.4, 0.5) is 0 Å². The Labute approximate surface area is 108 Å². The first-order valence-corrected chi connectivity index (χ1v) is 6.38. The lowest BCUT2D eigenvalue weighted by Crippen LogP contribution is -2.45. The summed E-state index contributed by atoms with van der Waals surface area (Å²) in [5.41, 5.74) is -0.662. The van der Waals surface area contributed by atoms with Crippen LogP contribution in [0.2, 0.25) is 0 Å². The molecule has 1 fully saturated rings. The zero-order valence-electron chi connectivity index (χ0n) is 11.2. The second kappa shape index (κ2) is 7.51. The Morgan fingerprint density at radius 3 is 2.78 bits per heavy atom. The molecule has 1 N–H and O–H groups in total. The number of hydrogen-bond acceptors (Lipinski definition) is 5. The van der Waals surface area contributed by atoms with Crippen LogP contribution in [0.1, 0.15) is 19.8 Å². The van der Waals surface area contributed by atoms with Gasteiger partial charge in [-0.3, -0.25) is 4.90 Å². The highest BCUT2D eigenvalue weighted by Crippen LogP contribution is 2.21. The molecular weight excluding hydrogens is 234 g/mol. The minimum absolute atomic E-state index is 0.323. The van der Waals surface area contributed by atoms with E-state index in [0.717, 1.165) is 0 Å². The largest absolute Gasteiger partial charge is 0.463 e. The van der Waals surface area contributed by atoms with Crippen molar-refractivity contribution in [2.75, 3.05) is 40.0 Å². The maximum absolute atomic E-state index is 11.1. The Kier molecular flexibility index (Phi) is 6.32. The Bertz CT molecular complexity index is 285. The van der Waals surface area contributed by atoms with Crippen molar-refractivity contribution in [1.29, 1.82) is 0 Å². The molecule has 1 aliphatic rings. The lowest BCUT2D eigenvalue weighted by Gasteiger charge is -2.35. The van der Waals surface area contributed by atoms with E-state index in [4.69, 9.17) is 9.47 Å². The normalized spacial score (nSPS) is 19.3. The molecule has 0 aliphatic carbocycles. The van der Waals surface area contributed by atoms with Gasteiger partial charge in [-0.25, -0.2) is 4.79 Å². The Hall–Kier alpha value is -0.910. The van der Waals surface area contributed by atoms with E-state index in [0.29, 0.717) is 45.8 Å². The number of rotatable bonds is 6. The van der Waals surface area contributed by atoms with Crippen LogP contribution < -0.4 is 0 Å². The van der Waals surface area contributed by atoms with Gasteiger partial charge in [0.25, 0.3) is 0 Å². The summed E-state index contributed by atoms with van der Waals surface area (Å²) in [6.07, 6.45) is 4.51. The van der Waals surface area contributed by atoms with Gasteiger partial charge >= 0.3 is 5.97 Å². The number of ether oxygens (including phenoxy) is 2. The van der Waals surface area contributed by atoms with E-state index in [9.17, 15) is 9.90 Å². The first-order valence-electron chi connectivity index (χ1n) is 6.38. The molecule has 0 bridgehead atoms. The summed E-state index contributed by atoms with van der Waals surface area (Å²) in [7, 11) is 1.92.